The number of halogens is 12. The molecule has 0 bridgehead atoms. The van der Waals surface area contributed by atoms with Gasteiger partial charge in [0.1, 0.15) is 11.3 Å². The van der Waals surface area contributed by atoms with E-state index in [-0.39, 0.29) is 0 Å². The van der Waals surface area contributed by atoms with Crippen LogP contribution in [0.2, 0.25) is 0 Å². The molecule has 168 valence electrons. The van der Waals surface area contributed by atoms with Gasteiger partial charge in [0.05, 0.1) is 0 Å². The third kappa shape index (κ3) is 4.22. The van der Waals surface area contributed by atoms with Crippen LogP contribution in [0.15, 0.2) is 0 Å². The van der Waals surface area contributed by atoms with E-state index in [4.69, 9.17) is 0 Å². The molecule has 4 nitrogen and oxygen atoms in total. The molecule has 0 heterocycles. The lowest BCUT2D eigenvalue weighted by atomic mass is 10.1. The maximum absolute atomic E-state index is 14.0. The Morgan fingerprint density at radius 1 is 0.677 bits per heavy atom. The highest BCUT2D eigenvalue weighted by molar-refractivity contribution is 6.82. The molecule has 0 atom stereocenters. The van der Waals surface area contributed by atoms with Crippen molar-refractivity contribution in [3.8, 4) is 11.5 Å². The van der Waals surface area contributed by atoms with Crippen LogP contribution < -0.4 is 10.1 Å². The van der Waals surface area contributed by atoms with Crippen LogP contribution in [-0.4, -0.2) is 11.1 Å². The molecule has 0 radical (unpaired) electrons. The van der Waals surface area contributed by atoms with Crippen molar-refractivity contribution in [2.45, 2.75) is 6.18 Å². The van der Waals surface area contributed by atoms with Crippen molar-refractivity contribution in [3.63, 3.8) is 0 Å². The van der Waals surface area contributed by atoms with Crippen LogP contribution in [0.25, 0.3) is 0 Å². The van der Waals surface area contributed by atoms with Gasteiger partial charge in [0.2, 0.25) is 34.8 Å². The first-order valence-corrected chi connectivity index (χ1v) is 7.46. The van der Waals surface area contributed by atoms with Crippen molar-refractivity contribution in [1.82, 2.24) is 0 Å². The molecule has 2 aromatic rings. The minimum absolute atomic E-state index is 1.02. The van der Waals surface area contributed by atoms with Gasteiger partial charge in [-0.15, -0.1) is 0 Å². The topological polar surface area (TPSA) is 55.4 Å². The highest BCUT2D eigenvalue weighted by Crippen LogP contribution is 2.42. The summed E-state index contributed by atoms with van der Waals surface area (Å²) < 4.78 is 152. The van der Waals surface area contributed by atoms with E-state index in [2.05, 4.69) is 16.3 Å². The Morgan fingerprint density at radius 2 is 1.03 bits per heavy atom. The molecule has 0 aliphatic heterocycles. The Bertz CT molecular complexity index is 1060. The molecular weight excluding hydrogens is 487 g/mol. The van der Waals surface area contributed by atoms with E-state index in [1.807, 2.05) is 0 Å². The van der Waals surface area contributed by atoms with E-state index in [0.29, 0.717) is 0 Å². The van der Waals surface area contributed by atoms with Crippen LogP contribution in [0, 0.1) is 46.5 Å². The molecule has 16 heteroatoms. The number of hydrogen-bond acceptors (Lipinski definition) is 3. The van der Waals surface area contributed by atoms with E-state index < -0.39 is 86.6 Å². The molecule has 0 spiro atoms. The Kier molecular flexibility index (Phi) is 6.40. The van der Waals surface area contributed by atoms with E-state index in [1.54, 1.807) is 0 Å². The zero-order valence-corrected chi connectivity index (χ0v) is 14.5. The minimum atomic E-state index is -5.96. The van der Waals surface area contributed by atoms with Gasteiger partial charge in [0.15, 0.2) is 23.3 Å². The van der Waals surface area contributed by atoms with Crippen molar-refractivity contribution in [1.29, 1.82) is 0 Å². The zero-order valence-electron chi connectivity index (χ0n) is 13.8. The molecule has 0 saturated heterocycles. The standard InChI is InChI=1S/C15HClF11NO3/c16-13(29)14(30)28-10-4(19)8(23)12(9(24)5(10)20)31-11-6(21)2(17)1(15(25,26)27)3(18)7(11)22/h(H,28,30). The summed E-state index contributed by atoms with van der Waals surface area (Å²) in [7, 11) is 0. The molecule has 0 aliphatic rings. The Labute approximate surface area is 167 Å². The summed E-state index contributed by atoms with van der Waals surface area (Å²) in [5.74, 6) is -29.4. The number of hydrogen-bond donors (Lipinski definition) is 1. The van der Waals surface area contributed by atoms with Gasteiger partial charge in [0, 0.05) is 0 Å². The fourth-order valence-corrected chi connectivity index (χ4v) is 2.07. The van der Waals surface area contributed by atoms with Crippen LogP contribution in [0.4, 0.5) is 54.0 Å². The number of anilines is 1. The predicted molar refractivity (Wildman–Crippen MR) is 77.1 cm³/mol. The average Bonchev–Trinajstić information content (AvgIpc) is 2.66. The highest BCUT2D eigenvalue weighted by atomic mass is 35.5. The molecule has 31 heavy (non-hydrogen) atoms. The van der Waals surface area contributed by atoms with Crippen LogP contribution >= 0.6 is 11.6 Å². The minimum Gasteiger partial charge on any atom is -0.444 e. The lowest BCUT2D eigenvalue weighted by Crippen LogP contribution is -2.21. The van der Waals surface area contributed by atoms with E-state index >= 15 is 0 Å². The molecule has 0 aromatic heterocycles. The molecule has 0 saturated carbocycles. The largest absolute Gasteiger partial charge is 0.444 e. The fraction of sp³-hybridized carbons (Fsp3) is 0.0667. The summed E-state index contributed by atoms with van der Waals surface area (Å²) >= 11 is 4.67. The fourth-order valence-electron chi connectivity index (χ4n) is 2.03. The molecule has 1 N–H and O–H groups in total. The van der Waals surface area contributed by atoms with Crippen molar-refractivity contribution in [3.05, 3.63) is 52.1 Å². The lowest BCUT2D eigenvalue weighted by molar-refractivity contribution is -0.143. The smallest absolute Gasteiger partial charge is 0.422 e. The Morgan fingerprint density at radius 3 is 1.35 bits per heavy atom. The summed E-state index contributed by atoms with van der Waals surface area (Å²) in [4.78, 5) is 21.6. The maximum atomic E-state index is 14.0. The molecular formula is C15HClF11NO3. The number of rotatable bonds is 4. The third-order valence-corrected chi connectivity index (χ3v) is 3.52. The summed E-state index contributed by atoms with van der Waals surface area (Å²) in [5.41, 5.74) is -5.02. The van der Waals surface area contributed by atoms with Crippen molar-refractivity contribution < 1.29 is 62.6 Å². The van der Waals surface area contributed by atoms with Gasteiger partial charge < -0.3 is 10.1 Å². The number of amides is 1. The monoisotopic (exact) mass is 487 g/mol. The van der Waals surface area contributed by atoms with Crippen LogP contribution in [-0.2, 0) is 15.8 Å². The van der Waals surface area contributed by atoms with Crippen molar-refractivity contribution in [2.75, 3.05) is 5.32 Å². The molecule has 2 aromatic carbocycles. The van der Waals surface area contributed by atoms with Gasteiger partial charge >= 0.3 is 17.3 Å². The maximum Gasteiger partial charge on any atom is 0.422 e. The van der Waals surface area contributed by atoms with Gasteiger partial charge in [-0.05, 0) is 11.6 Å². The number of benzene rings is 2. The lowest BCUT2D eigenvalue weighted by Gasteiger charge is -2.16. The Balaban J connectivity index is 2.68. The van der Waals surface area contributed by atoms with Gasteiger partial charge in [0.25, 0.3) is 0 Å². The zero-order chi connectivity index (χ0) is 24.0. The van der Waals surface area contributed by atoms with Gasteiger partial charge in [-0.25, -0.2) is 17.6 Å². The summed E-state index contributed by atoms with van der Waals surface area (Å²) in [6.45, 7) is 0. The van der Waals surface area contributed by atoms with E-state index in [0.717, 1.165) is 5.32 Å². The molecule has 0 fully saturated rings. The second-order valence-corrected chi connectivity index (χ2v) is 5.59. The molecule has 0 aliphatic carbocycles. The molecule has 0 unspecified atom stereocenters. The summed E-state index contributed by atoms with van der Waals surface area (Å²) in [6.07, 6.45) is -5.96. The summed E-state index contributed by atoms with van der Waals surface area (Å²) in [5, 5.41) is -0.872. The quantitative estimate of drug-likeness (QED) is 0.275. The number of nitrogens with one attached hydrogen (secondary N) is 1. The van der Waals surface area contributed by atoms with E-state index in [1.165, 1.54) is 0 Å². The van der Waals surface area contributed by atoms with Crippen molar-refractivity contribution in [2.24, 2.45) is 0 Å². The van der Waals surface area contributed by atoms with Gasteiger partial charge in [-0.2, -0.15) is 30.7 Å². The molecule has 1 amide bonds. The van der Waals surface area contributed by atoms with Gasteiger partial charge in [-0.1, -0.05) is 0 Å². The van der Waals surface area contributed by atoms with Crippen LogP contribution in [0.1, 0.15) is 5.56 Å². The average molecular weight is 488 g/mol. The van der Waals surface area contributed by atoms with E-state index in [9.17, 15) is 57.9 Å². The molecule has 2 rings (SSSR count). The first kappa shape index (κ1) is 24.2. The normalized spacial score (nSPS) is 11.5. The number of carbonyl (C=O) groups excluding carboxylic acids is 2. The number of ether oxygens (including phenoxy) is 1. The first-order valence-electron chi connectivity index (χ1n) is 7.08. The second kappa shape index (κ2) is 8.20. The van der Waals surface area contributed by atoms with Crippen LogP contribution in [0.3, 0.4) is 0 Å². The SMILES string of the molecule is O=C(Cl)C(=O)Nc1c(F)c(F)c(Oc2c(F)c(F)c(C(F)(F)F)c(F)c2F)c(F)c1F. The van der Waals surface area contributed by atoms with Crippen LogP contribution in [0.5, 0.6) is 11.5 Å². The number of alkyl halides is 3. The Hall–Kier alpha value is -3.10. The first-order chi connectivity index (χ1) is 14.1. The van der Waals surface area contributed by atoms with Gasteiger partial charge in [-0.3, -0.25) is 9.59 Å². The third-order valence-electron chi connectivity index (χ3n) is 3.35. The van der Waals surface area contributed by atoms with Crippen molar-refractivity contribution >= 4 is 28.4 Å². The second-order valence-electron chi connectivity index (χ2n) is 5.25. The summed E-state index contributed by atoms with van der Waals surface area (Å²) in [6, 6.07) is 0. The predicted octanol–water partition coefficient (Wildman–Crippen LogP) is 5.31. The number of carbonyl (C=O) groups is 2. The highest BCUT2D eigenvalue weighted by Gasteiger charge is 2.43.